The predicted octanol–water partition coefficient (Wildman–Crippen LogP) is 4.63. The first-order valence-electron chi connectivity index (χ1n) is 7.64. The molecule has 0 aliphatic carbocycles. The lowest BCUT2D eigenvalue weighted by Crippen LogP contribution is -2.20. The van der Waals surface area contributed by atoms with Crippen molar-refractivity contribution in [3.8, 4) is 5.75 Å². The molecule has 2 aromatic rings. The molecular formula is C18H18FNO2S2. The molecule has 6 heteroatoms. The van der Waals surface area contributed by atoms with Gasteiger partial charge in [-0.15, -0.1) is 23.5 Å². The van der Waals surface area contributed by atoms with Crippen LogP contribution in [0.1, 0.15) is 15.7 Å². The number of amides is 1. The molecule has 0 spiro atoms. The molecule has 1 fully saturated rings. The molecule has 1 amide bonds. The number of nitrogens with one attached hydrogen (secondary N) is 1. The second-order valence-electron chi connectivity index (χ2n) is 5.44. The lowest BCUT2D eigenvalue weighted by atomic mass is 10.2. The number of hydrogen-bond donors (Lipinski definition) is 1. The van der Waals surface area contributed by atoms with Crippen molar-refractivity contribution in [1.82, 2.24) is 0 Å². The van der Waals surface area contributed by atoms with Gasteiger partial charge in [-0.05, 0) is 42.3 Å². The van der Waals surface area contributed by atoms with E-state index < -0.39 is 0 Å². The molecule has 0 bridgehead atoms. The molecular weight excluding hydrogens is 345 g/mol. The standard InChI is InChI=1S/C18H18FNO2S2/c1-12-2-5-14(10-16(12)19)20-17(21)11-22-15-6-3-13(4-7-15)18-23-8-9-24-18/h2-7,10,18H,8-9,11H2,1H3,(H,20,21). The summed E-state index contributed by atoms with van der Waals surface area (Å²) in [6, 6.07) is 12.4. The minimum atomic E-state index is -0.341. The topological polar surface area (TPSA) is 38.3 Å². The molecule has 0 saturated carbocycles. The van der Waals surface area contributed by atoms with Gasteiger partial charge in [0.05, 0.1) is 4.58 Å². The van der Waals surface area contributed by atoms with Crippen molar-refractivity contribution in [2.75, 3.05) is 23.4 Å². The van der Waals surface area contributed by atoms with Crippen LogP contribution in [-0.4, -0.2) is 24.0 Å². The van der Waals surface area contributed by atoms with Crippen molar-refractivity contribution in [3.05, 3.63) is 59.4 Å². The zero-order chi connectivity index (χ0) is 16.9. The van der Waals surface area contributed by atoms with Gasteiger partial charge in [-0.3, -0.25) is 4.79 Å². The quantitative estimate of drug-likeness (QED) is 0.840. The van der Waals surface area contributed by atoms with Crippen LogP contribution in [0.25, 0.3) is 0 Å². The van der Waals surface area contributed by atoms with Crippen molar-refractivity contribution in [1.29, 1.82) is 0 Å². The third kappa shape index (κ3) is 4.45. The number of ether oxygens (including phenoxy) is 1. The van der Waals surface area contributed by atoms with E-state index in [2.05, 4.69) is 5.32 Å². The highest BCUT2D eigenvalue weighted by Crippen LogP contribution is 2.45. The fourth-order valence-corrected chi connectivity index (χ4v) is 5.15. The van der Waals surface area contributed by atoms with Crippen molar-refractivity contribution in [2.24, 2.45) is 0 Å². The van der Waals surface area contributed by atoms with Crippen LogP contribution in [0.3, 0.4) is 0 Å². The normalized spacial score (nSPS) is 14.6. The summed E-state index contributed by atoms with van der Waals surface area (Å²) in [5.41, 5.74) is 2.25. The number of aryl methyl sites for hydroxylation is 1. The zero-order valence-corrected chi connectivity index (χ0v) is 14.9. The fourth-order valence-electron chi connectivity index (χ4n) is 2.29. The van der Waals surface area contributed by atoms with Gasteiger partial charge in [0.15, 0.2) is 6.61 Å². The molecule has 24 heavy (non-hydrogen) atoms. The van der Waals surface area contributed by atoms with Crippen LogP contribution in [0.2, 0.25) is 0 Å². The summed E-state index contributed by atoms with van der Waals surface area (Å²) in [6.07, 6.45) is 0. The van der Waals surface area contributed by atoms with E-state index in [9.17, 15) is 9.18 Å². The number of thioether (sulfide) groups is 2. The third-order valence-corrected chi connectivity index (χ3v) is 6.70. The summed E-state index contributed by atoms with van der Waals surface area (Å²) in [5.74, 6) is 2.37. The van der Waals surface area contributed by atoms with Gasteiger partial charge in [0.25, 0.3) is 5.91 Å². The zero-order valence-electron chi connectivity index (χ0n) is 13.3. The van der Waals surface area contributed by atoms with E-state index in [1.54, 1.807) is 19.1 Å². The molecule has 0 atom stereocenters. The highest BCUT2D eigenvalue weighted by atomic mass is 32.2. The molecule has 126 valence electrons. The highest BCUT2D eigenvalue weighted by molar-refractivity contribution is 8.19. The molecule has 1 aliphatic rings. The second-order valence-corrected chi connectivity index (χ2v) is 8.17. The monoisotopic (exact) mass is 363 g/mol. The average molecular weight is 363 g/mol. The Morgan fingerprint density at radius 2 is 1.92 bits per heavy atom. The largest absolute Gasteiger partial charge is 0.484 e. The van der Waals surface area contributed by atoms with Gasteiger partial charge in [-0.1, -0.05) is 18.2 Å². The number of carbonyl (C=O) groups excluding carboxylic acids is 1. The van der Waals surface area contributed by atoms with E-state index in [0.717, 1.165) is 0 Å². The number of anilines is 1. The van der Waals surface area contributed by atoms with Crippen LogP contribution < -0.4 is 10.1 Å². The smallest absolute Gasteiger partial charge is 0.262 e. The van der Waals surface area contributed by atoms with Crippen LogP contribution in [0.4, 0.5) is 10.1 Å². The highest BCUT2D eigenvalue weighted by Gasteiger charge is 2.18. The Morgan fingerprint density at radius 3 is 2.58 bits per heavy atom. The Balaban J connectivity index is 1.51. The van der Waals surface area contributed by atoms with Gasteiger partial charge in [0.2, 0.25) is 0 Å². The number of carbonyl (C=O) groups is 1. The first-order valence-corrected chi connectivity index (χ1v) is 9.73. The molecule has 1 heterocycles. The fraction of sp³-hybridized carbons (Fsp3) is 0.278. The molecule has 1 saturated heterocycles. The van der Waals surface area contributed by atoms with Crippen LogP contribution in [-0.2, 0) is 4.79 Å². The molecule has 3 nitrogen and oxygen atoms in total. The van der Waals surface area contributed by atoms with Crippen molar-refractivity contribution >= 4 is 35.1 Å². The van der Waals surface area contributed by atoms with Crippen LogP contribution >= 0.6 is 23.5 Å². The number of halogens is 1. The van der Waals surface area contributed by atoms with Crippen molar-refractivity contribution in [3.63, 3.8) is 0 Å². The molecule has 1 N–H and O–H groups in total. The Morgan fingerprint density at radius 1 is 1.21 bits per heavy atom. The van der Waals surface area contributed by atoms with Gasteiger partial charge in [-0.25, -0.2) is 4.39 Å². The maximum absolute atomic E-state index is 13.5. The summed E-state index contributed by atoms with van der Waals surface area (Å²) >= 11 is 3.90. The van der Waals surface area contributed by atoms with Crippen molar-refractivity contribution in [2.45, 2.75) is 11.5 Å². The van der Waals surface area contributed by atoms with E-state index in [1.807, 2.05) is 47.8 Å². The Hall–Kier alpha value is -1.66. The minimum absolute atomic E-state index is 0.109. The number of hydrogen-bond acceptors (Lipinski definition) is 4. The Labute approximate surface area is 149 Å². The predicted molar refractivity (Wildman–Crippen MR) is 99.4 cm³/mol. The van der Waals surface area contributed by atoms with Gasteiger partial charge < -0.3 is 10.1 Å². The Kier molecular flexibility index (Phi) is 5.68. The minimum Gasteiger partial charge on any atom is -0.484 e. The maximum Gasteiger partial charge on any atom is 0.262 e. The number of rotatable bonds is 5. The van der Waals surface area contributed by atoms with E-state index in [-0.39, 0.29) is 18.3 Å². The maximum atomic E-state index is 13.5. The second kappa shape index (κ2) is 7.94. The molecule has 2 aromatic carbocycles. The Bertz CT molecular complexity index is 715. The SMILES string of the molecule is Cc1ccc(NC(=O)COc2ccc(C3SCCS3)cc2)cc1F. The van der Waals surface area contributed by atoms with E-state index in [4.69, 9.17) is 4.74 Å². The molecule has 1 aliphatic heterocycles. The van der Waals surface area contributed by atoms with Gasteiger partial charge in [0.1, 0.15) is 11.6 Å². The number of benzene rings is 2. The summed E-state index contributed by atoms with van der Waals surface area (Å²) in [6.45, 7) is 1.57. The van der Waals surface area contributed by atoms with Gasteiger partial charge in [-0.2, -0.15) is 0 Å². The summed E-state index contributed by atoms with van der Waals surface area (Å²) < 4.78 is 19.5. The van der Waals surface area contributed by atoms with Gasteiger partial charge in [0, 0.05) is 17.2 Å². The summed E-state index contributed by atoms with van der Waals surface area (Å²) in [7, 11) is 0. The molecule has 0 unspecified atom stereocenters. The molecule has 0 radical (unpaired) electrons. The van der Waals surface area contributed by atoms with Crippen LogP contribution in [0.15, 0.2) is 42.5 Å². The third-order valence-electron chi connectivity index (χ3n) is 3.60. The van der Waals surface area contributed by atoms with Crippen LogP contribution in [0.5, 0.6) is 5.75 Å². The lowest BCUT2D eigenvalue weighted by molar-refractivity contribution is -0.118. The van der Waals surface area contributed by atoms with Crippen molar-refractivity contribution < 1.29 is 13.9 Å². The van der Waals surface area contributed by atoms with Crippen LogP contribution in [0, 0.1) is 12.7 Å². The van der Waals surface area contributed by atoms with E-state index >= 15 is 0 Å². The summed E-state index contributed by atoms with van der Waals surface area (Å²) in [5, 5.41) is 2.63. The van der Waals surface area contributed by atoms with E-state index in [0.29, 0.717) is 21.6 Å². The average Bonchev–Trinajstić information content (AvgIpc) is 3.11. The summed E-state index contributed by atoms with van der Waals surface area (Å²) in [4.78, 5) is 11.9. The first-order chi connectivity index (χ1) is 11.6. The lowest BCUT2D eigenvalue weighted by Gasteiger charge is -2.11. The first kappa shape index (κ1) is 17.2. The van der Waals surface area contributed by atoms with E-state index in [1.165, 1.54) is 23.1 Å². The van der Waals surface area contributed by atoms with Gasteiger partial charge >= 0.3 is 0 Å². The molecule has 0 aromatic heterocycles. The molecule has 3 rings (SSSR count).